The number of carbonyl (C=O) groups excluding carboxylic acids is 1. The van der Waals surface area contributed by atoms with Gasteiger partial charge < -0.3 is 10.6 Å². The zero-order chi connectivity index (χ0) is 18.8. The van der Waals surface area contributed by atoms with Crippen molar-refractivity contribution in [2.45, 2.75) is 20.3 Å². The van der Waals surface area contributed by atoms with Crippen molar-refractivity contribution in [3.8, 4) is 0 Å². The van der Waals surface area contributed by atoms with Gasteiger partial charge in [0.25, 0.3) is 0 Å². The van der Waals surface area contributed by atoms with E-state index in [1.54, 1.807) is 6.20 Å². The highest BCUT2D eigenvalue weighted by atomic mass is 16.1. The van der Waals surface area contributed by atoms with E-state index >= 15 is 0 Å². The van der Waals surface area contributed by atoms with Crippen LogP contribution in [-0.4, -0.2) is 36.4 Å². The molecule has 0 unspecified atom stereocenters. The van der Waals surface area contributed by atoms with Gasteiger partial charge in [-0.05, 0) is 55.0 Å². The Labute approximate surface area is 155 Å². The standard InChI is InChI=1S/C21H26N4O/c1-4-17(14-23-12-8-18-7-5-6-10-24-18)21-16(2)13-25-20(15-26)19(21)9-11-22-3/h4-7,9-11,13,15,22-23H,8,12,14H2,1-3H3/b11-9-,17-4-. The van der Waals surface area contributed by atoms with E-state index in [9.17, 15) is 4.79 Å². The van der Waals surface area contributed by atoms with Crippen LogP contribution in [0.1, 0.15) is 39.8 Å². The number of aldehydes is 1. The number of nitrogens with one attached hydrogen (secondary N) is 2. The van der Waals surface area contributed by atoms with Crippen molar-refractivity contribution in [2.24, 2.45) is 0 Å². The Hall–Kier alpha value is -2.79. The molecule has 2 heterocycles. The monoisotopic (exact) mass is 350 g/mol. The third kappa shape index (κ3) is 5.10. The summed E-state index contributed by atoms with van der Waals surface area (Å²) in [5.41, 5.74) is 5.61. The minimum absolute atomic E-state index is 0.449. The molecule has 2 aromatic heterocycles. The molecule has 26 heavy (non-hydrogen) atoms. The minimum atomic E-state index is 0.449. The highest BCUT2D eigenvalue weighted by Crippen LogP contribution is 2.25. The molecular formula is C21H26N4O. The third-order valence-corrected chi connectivity index (χ3v) is 4.13. The van der Waals surface area contributed by atoms with Gasteiger partial charge in [-0.1, -0.05) is 12.1 Å². The predicted octanol–water partition coefficient (Wildman–Crippen LogP) is 3.02. The summed E-state index contributed by atoms with van der Waals surface area (Å²) in [5.74, 6) is 0. The Morgan fingerprint density at radius 2 is 2.12 bits per heavy atom. The number of pyridine rings is 2. The second-order valence-electron chi connectivity index (χ2n) is 5.92. The number of hydrogen-bond acceptors (Lipinski definition) is 5. The van der Waals surface area contributed by atoms with Gasteiger partial charge in [0.1, 0.15) is 5.69 Å². The highest BCUT2D eigenvalue weighted by Gasteiger charge is 2.13. The molecule has 0 aromatic carbocycles. The first-order chi connectivity index (χ1) is 12.7. The summed E-state index contributed by atoms with van der Waals surface area (Å²) in [5, 5.41) is 6.45. The zero-order valence-electron chi connectivity index (χ0n) is 15.6. The molecule has 0 aliphatic heterocycles. The maximum absolute atomic E-state index is 11.4. The lowest BCUT2D eigenvalue weighted by Gasteiger charge is -2.16. The van der Waals surface area contributed by atoms with E-state index in [1.807, 2.05) is 57.6 Å². The normalized spacial score (nSPS) is 11.7. The van der Waals surface area contributed by atoms with Gasteiger partial charge in [-0.15, -0.1) is 0 Å². The van der Waals surface area contributed by atoms with Gasteiger partial charge in [-0.2, -0.15) is 0 Å². The van der Waals surface area contributed by atoms with Crippen molar-refractivity contribution >= 4 is 17.9 Å². The van der Waals surface area contributed by atoms with Crippen LogP contribution >= 0.6 is 0 Å². The largest absolute Gasteiger partial charge is 0.394 e. The molecule has 0 spiro atoms. The fourth-order valence-electron chi connectivity index (χ4n) is 2.82. The molecule has 0 fully saturated rings. The molecule has 0 saturated carbocycles. The Morgan fingerprint density at radius 3 is 2.77 bits per heavy atom. The Morgan fingerprint density at radius 1 is 1.27 bits per heavy atom. The Kier molecular flexibility index (Phi) is 7.71. The van der Waals surface area contributed by atoms with Crippen LogP contribution in [0.5, 0.6) is 0 Å². The zero-order valence-corrected chi connectivity index (χ0v) is 15.6. The van der Waals surface area contributed by atoms with E-state index in [2.05, 4.69) is 26.7 Å². The molecule has 5 nitrogen and oxygen atoms in total. The summed E-state index contributed by atoms with van der Waals surface area (Å²) in [7, 11) is 1.83. The first-order valence-corrected chi connectivity index (χ1v) is 8.76. The molecule has 0 aliphatic carbocycles. The van der Waals surface area contributed by atoms with Crippen LogP contribution in [0, 0.1) is 6.92 Å². The van der Waals surface area contributed by atoms with Gasteiger partial charge in [0.05, 0.1) is 0 Å². The molecule has 5 heteroatoms. The second-order valence-corrected chi connectivity index (χ2v) is 5.92. The van der Waals surface area contributed by atoms with Gasteiger partial charge in [0.2, 0.25) is 0 Å². The first-order valence-electron chi connectivity index (χ1n) is 8.76. The molecule has 0 radical (unpaired) electrons. The van der Waals surface area contributed by atoms with Crippen LogP contribution in [0.15, 0.2) is 42.9 Å². The number of rotatable bonds is 9. The number of carbonyl (C=O) groups is 1. The number of aromatic nitrogens is 2. The van der Waals surface area contributed by atoms with Crippen molar-refractivity contribution in [1.82, 2.24) is 20.6 Å². The average Bonchev–Trinajstić information content (AvgIpc) is 2.68. The first kappa shape index (κ1) is 19.5. The molecule has 0 bridgehead atoms. The molecule has 0 saturated heterocycles. The topological polar surface area (TPSA) is 66.9 Å². The summed E-state index contributed by atoms with van der Waals surface area (Å²) >= 11 is 0. The van der Waals surface area contributed by atoms with Gasteiger partial charge in [-0.3, -0.25) is 14.8 Å². The lowest BCUT2D eigenvalue weighted by Crippen LogP contribution is -2.21. The summed E-state index contributed by atoms with van der Waals surface area (Å²) in [6.45, 7) is 5.58. The summed E-state index contributed by atoms with van der Waals surface area (Å²) in [6.07, 6.45) is 11.0. The molecule has 0 amide bonds. The Balaban J connectivity index is 2.16. The fraction of sp³-hybridized carbons (Fsp3) is 0.286. The van der Waals surface area contributed by atoms with Gasteiger partial charge >= 0.3 is 0 Å². The number of hydrogen-bond donors (Lipinski definition) is 2. The van der Waals surface area contributed by atoms with Crippen molar-refractivity contribution in [3.05, 3.63) is 70.9 Å². The van der Waals surface area contributed by atoms with E-state index in [0.29, 0.717) is 12.2 Å². The van der Waals surface area contributed by atoms with Crippen molar-refractivity contribution in [2.75, 3.05) is 20.1 Å². The van der Waals surface area contributed by atoms with E-state index in [4.69, 9.17) is 0 Å². The van der Waals surface area contributed by atoms with Gasteiger partial charge in [-0.25, -0.2) is 0 Å². The number of nitrogens with zero attached hydrogens (tertiary/aromatic N) is 2. The molecule has 2 rings (SSSR count). The van der Waals surface area contributed by atoms with Crippen molar-refractivity contribution < 1.29 is 4.79 Å². The van der Waals surface area contributed by atoms with Crippen LogP contribution in [0.3, 0.4) is 0 Å². The van der Waals surface area contributed by atoms with Crippen LogP contribution < -0.4 is 10.6 Å². The number of allylic oxidation sites excluding steroid dienone is 1. The maximum Gasteiger partial charge on any atom is 0.169 e. The smallest absolute Gasteiger partial charge is 0.169 e. The van der Waals surface area contributed by atoms with Crippen LogP contribution in [0.2, 0.25) is 0 Å². The van der Waals surface area contributed by atoms with Crippen LogP contribution in [0.4, 0.5) is 0 Å². The maximum atomic E-state index is 11.4. The van der Waals surface area contributed by atoms with Crippen molar-refractivity contribution in [1.29, 1.82) is 0 Å². The SMILES string of the molecule is C/C=C(/CNCCc1ccccn1)c1c(C)cnc(C=O)c1/C=C\NC. The lowest BCUT2D eigenvalue weighted by atomic mass is 9.94. The van der Waals surface area contributed by atoms with Crippen molar-refractivity contribution in [3.63, 3.8) is 0 Å². The summed E-state index contributed by atoms with van der Waals surface area (Å²) in [6, 6.07) is 5.95. The van der Waals surface area contributed by atoms with Gasteiger partial charge in [0, 0.05) is 50.2 Å². The van der Waals surface area contributed by atoms with Gasteiger partial charge in [0.15, 0.2) is 6.29 Å². The predicted molar refractivity (Wildman–Crippen MR) is 107 cm³/mol. The number of aryl methyl sites for hydroxylation is 1. The second kappa shape index (κ2) is 10.3. The van der Waals surface area contributed by atoms with Crippen LogP contribution in [0.25, 0.3) is 11.6 Å². The van der Waals surface area contributed by atoms with Crippen LogP contribution in [-0.2, 0) is 6.42 Å². The molecule has 2 N–H and O–H groups in total. The molecule has 0 aliphatic rings. The van der Waals surface area contributed by atoms with E-state index < -0.39 is 0 Å². The highest BCUT2D eigenvalue weighted by molar-refractivity contribution is 5.86. The fourth-order valence-corrected chi connectivity index (χ4v) is 2.82. The summed E-state index contributed by atoms with van der Waals surface area (Å²) in [4.78, 5) is 20.0. The summed E-state index contributed by atoms with van der Waals surface area (Å²) < 4.78 is 0. The third-order valence-electron chi connectivity index (χ3n) is 4.13. The molecule has 0 atom stereocenters. The molecular weight excluding hydrogens is 324 g/mol. The van der Waals surface area contributed by atoms with E-state index in [1.165, 1.54) is 0 Å². The van der Waals surface area contributed by atoms with E-state index in [0.717, 1.165) is 47.2 Å². The molecule has 136 valence electrons. The quantitative estimate of drug-likeness (QED) is 0.537. The Bertz CT molecular complexity index is 782. The van der Waals surface area contributed by atoms with E-state index in [-0.39, 0.29) is 0 Å². The minimum Gasteiger partial charge on any atom is -0.394 e. The average molecular weight is 350 g/mol. The molecule has 2 aromatic rings. The lowest BCUT2D eigenvalue weighted by molar-refractivity contribution is 0.111.